The molecule has 2 aromatic rings. The van der Waals surface area contributed by atoms with Crippen molar-refractivity contribution in [2.45, 2.75) is 13.5 Å². The van der Waals surface area contributed by atoms with Crippen LogP contribution in [0.15, 0.2) is 18.3 Å². The second-order valence-electron chi connectivity index (χ2n) is 3.63. The van der Waals surface area contributed by atoms with Crippen LogP contribution in [0.4, 0.5) is 11.6 Å². The second kappa shape index (κ2) is 5.79. The summed E-state index contributed by atoms with van der Waals surface area (Å²) in [6.45, 7) is 2.87. The third-order valence-corrected chi connectivity index (χ3v) is 2.34. The zero-order valence-electron chi connectivity index (χ0n) is 10.2. The fourth-order valence-corrected chi connectivity index (χ4v) is 1.60. The Morgan fingerprint density at radius 1 is 1.39 bits per heavy atom. The number of hydrogen-bond donors (Lipinski definition) is 1. The van der Waals surface area contributed by atoms with E-state index >= 15 is 0 Å². The molecule has 18 heavy (non-hydrogen) atoms. The molecule has 0 atom stereocenters. The van der Waals surface area contributed by atoms with Crippen LogP contribution in [-0.2, 0) is 18.4 Å². The molecule has 96 valence electrons. The van der Waals surface area contributed by atoms with Gasteiger partial charge in [0.05, 0.1) is 0 Å². The third-order valence-electron chi connectivity index (χ3n) is 2.15. The normalized spacial score (nSPS) is 10.6. The van der Waals surface area contributed by atoms with Crippen molar-refractivity contribution in [2.24, 2.45) is 7.05 Å². The second-order valence-corrected chi connectivity index (χ2v) is 4.02. The first-order valence-electron chi connectivity index (χ1n) is 5.55. The number of nitrogens with one attached hydrogen (secondary N) is 1. The van der Waals surface area contributed by atoms with Crippen LogP contribution in [-0.4, -0.2) is 26.4 Å². The molecule has 2 aromatic heterocycles. The number of aromatic nitrogens is 4. The molecule has 0 amide bonds. The van der Waals surface area contributed by atoms with Gasteiger partial charge in [-0.1, -0.05) is 11.6 Å². The molecular formula is C11H14ClN5O. The van der Waals surface area contributed by atoms with E-state index in [2.05, 4.69) is 20.4 Å². The van der Waals surface area contributed by atoms with E-state index in [1.54, 1.807) is 10.7 Å². The third kappa shape index (κ3) is 3.41. The Bertz CT molecular complexity index is 528. The SMILES string of the molecule is CCOCc1nc(Cl)cc(Nc2ccn(C)n2)n1. The highest BCUT2D eigenvalue weighted by Crippen LogP contribution is 2.16. The molecule has 7 heteroatoms. The van der Waals surface area contributed by atoms with Crippen LogP contribution >= 0.6 is 11.6 Å². The molecule has 0 aliphatic heterocycles. The Morgan fingerprint density at radius 2 is 2.22 bits per heavy atom. The maximum Gasteiger partial charge on any atom is 0.158 e. The molecule has 0 radical (unpaired) electrons. The van der Waals surface area contributed by atoms with Crippen LogP contribution < -0.4 is 5.32 Å². The quantitative estimate of drug-likeness (QED) is 0.841. The number of ether oxygens (including phenoxy) is 1. The maximum atomic E-state index is 5.93. The van der Waals surface area contributed by atoms with Crippen LogP contribution in [0.5, 0.6) is 0 Å². The summed E-state index contributed by atoms with van der Waals surface area (Å²) in [5.74, 6) is 1.85. The van der Waals surface area contributed by atoms with Gasteiger partial charge in [0.25, 0.3) is 0 Å². The fourth-order valence-electron chi connectivity index (χ4n) is 1.40. The van der Waals surface area contributed by atoms with E-state index in [0.29, 0.717) is 35.8 Å². The van der Waals surface area contributed by atoms with Gasteiger partial charge in [-0.2, -0.15) is 5.10 Å². The highest BCUT2D eigenvalue weighted by atomic mass is 35.5. The number of anilines is 2. The molecule has 0 aliphatic carbocycles. The maximum absolute atomic E-state index is 5.93. The fraction of sp³-hybridized carbons (Fsp3) is 0.364. The Labute approximate surface area is 110 Å². The van der Waals surface area contributed by atoms with E-state index < -0.39 is 0 Å². The molecule has 2 rings (SSSR count). The largest absolute Gasteiger partial charge is 0.374 e. The van der Waals surface area contributed by atoms with Crippen LogP contribution in [0.2, 0.25) is 5.15 Å². The van der Waals surface area contributed by atoms with Crippen LogP contribution in [0.25, 0.3) is 0 Å². The first-order chi connectivity index (χ1) is 8.67. The molecule has 0 bridgehead atoms. The van der Waals surface area contributed by atoms with Crippen molar-refractivity contribution in [3.05, 3.63) is 29.3 Å². The average Bonchev–Trinajstić information content (AvgIpc) is 2.71. The van der Waals surface area contributed by atoms with Gasteiger partial charge in [0.1, 0.15) is 17.6 Å². The predicted octanol–water partition coefficient (Wildman–Crippen LogP) is 2.14. The topological polar surface area (TPSA) is 64.9 Å². The predicted molar refractivity (Wildman–Crippen MR) is 68.9 cm³/mol. The zero-order valence-corrected chi connectivity index (χ0v) is 11.0. The average molecular weight is 268 g/mol. The highest BCUT2D eigenvalue weighted by molar-refractivity contribution is 6.29. The van der Waals surface area contributed by atoms with E-state index in [4.69, 9.17) is 16.3 Å². The van der Waals surface area contributed by atoms with Crippen molar-refractivity contribution in [3.63, 3.8) is 0 Å². The number of rotatable bonds is 5. The number of aryl methyl sites for hydroxylation is 1. The summed E-state index contributed by atoms with van der Waals surface area (Å²) < 4.78 is 6.95. The molecule has 0 fully saturated rings. The van der Waals surface area contributed by atoms with Crippen molar-refractivity contribution in [3.8, 4) is 0 Å². The van der Waals surface area contributed by atoms with Crippen molar-refractivity contribution in [1.29, 1.82) is 0 Å². The van der Waals surface area contributed by atoms with Crippen molar-refractivity contribution in [1.82, 2.24) is 19.7 Å². The van der Waals surface area contributed by atoms with Crippen molar-refractivity contribution >= 4 is 23.2 Å². The van der Waals surface area contributed by atoms with Gasteiger partial charge >= 0.3 is 0 Å². The Balaban J connectivity index is 2.14. The van der Waals surface area contributed by atoms with E-state index in [9.17, 15) is 0 Å². The minimum atomic E-state index is 0.341. The van der Waals surface area contributed by atoms with E-state index in [1.165, 1.54) is 0 Å². The molecule has 1 N–H and O–H groups in total. The molecule has 6 nitrogen and oxygen atoms in total. The van der Waals surface area contributed by atoms with Gasteiger partial charge < -0.3 is 10.1 Å². The van der Waals surface area contributed by atoms with E-state index in [-0.39, 0.29) is 0 Å². The molecule has 0 spiro atoms. The van der Waals surface area contributed by atoms with Gasteiger partial charge in [-0.05, 0) is 6.92 Å². The first kappa shape index (κ1) is 12.8. The lowest BCUT2D eigenvalue weighted by molar-refractivity contribution is 0.128. The summed E-state index contributed by atoms with van der Waals surface area (Å²) in [6.07, 6.45) is 1.84. The summed E-state index contributed by atoms with van der Waals surface area (Å²) in [6, 6.07) is 3.49. The first-order valence-corrected chi connectivity index (χ1v) is 5.93. The molecule has 0 saturated heterocycles. The van der Waals surface area contributed by atoms with Crippen molar-refractivity contribution < 1.29 is 4.74 Å². The minimum Gasteiger partial charge on any atom is -0.374 e. The smallest absolute Gasteiger partial charge is 0.158 e. The summed E-state index contributed by atoms with van der Waals surface area (Å²) in [5, 5.41) is 7.63. The number of halogens is 1. The number of nitrogens with zero attached hydrogens (tertiary/aromatic N) is 4. The summed E-state index contributed by atoms with van der Waals surface area (Å²) in [5.41, 5.74) is 0. The summed E-state index contributed by atoms with van der Waals surface area (Å²) in [7, 11) is 1.85. The molecular weight excluding hydrogens is 254 g/mol. The lowest BCUT2D eigenvalue weighted by Crippen LogP contribution is -2.03. The van der Waals surface area contributed by atoms with Crippen LogP contribution in [0, 0.1) is 0 Å². The van der Waals surface area contributed by atoms with Crippen LogP contribution in [0.1, 0.15) is 12.7 Å². The van der Waals surface area contributed by atoms with Gasteiger partial charge in [0.15, 0.2) is 11.6 Å². The zero-order chi connectivity index (χ0) is 13.0. The van der Waals surface area contributed by atoms with Gasteiger partial charge in [-0.25, -0.2) is 9.97 Å². The molecule has 0 saturated carbocycles. The molecule has 0 aliphatic rings. The number of hydrogen-bond acceptors (Lipinski definition) is 5. The monoisotopic (exact) mass is 267 g/mol. The standard InChI is InChI=1S/C11H14ClN5O/c1-3-18-7-11-13-8(12)6-10(15-11)14-9-4-5-17(2)16-9/h4-6H,3,7H2,1-2H3,(H,13,14,15,16). The Kier molecular flexibility index (Phi) is 4.11. The summed E-state index contributed by atoms with van der Waals surface area (Å²) >= 11 is 5.93. The van der Waals surface area contributed by atoms with Gasteiger partial charge in [-0.15, -0.1) is 0 Å². The van der Waals surface area contributed by atoms with E-state index in [1.807, 2.05) is 26.2 Å². The highest BCUT2D eigenvalue weighted by Gasteiger charge is 2.05. The summed E-state index contributed by atoms with van der Waals surface area (Å²) in [4.78, 5) is 8.38. The van der Waals surface area contributed by atoms with Crippen LogP contribution in [0.3, 0.4) is 0 Å². The molecule has 0 unspecified atom stereocenters. The van der Waals surface area contributed by atoms with Crippen molar-refractivity contribution in [2.75, 3.05) is 11.9 Å². The lowest BCUT2D eigenvalue weighted by Gasteiger charge is -2.05. The van der Waals surface area contributed by atoms with Gasteiger partial charge in [-0.3, -0.25) is 4.68 Å². The molecule has 2 heterocycles. The van der Waals surface area contributed by atoms with Gasteiger partial charge in [0, 0.05) is 32.0 Å². The molecule has 0 aromatic carbocycles. The van der Waals surface area contributed by atoms with E-state index in [0.717, 1.165) is 0 Å². The van der Waals surface area contributed by atoms with Gasteiger partial charge in [0.2, 0.25) is 0 Å². The minimum absolute atomic E-state index is 0.341. The Morgan fingerprint density at radius 3 is 2.89 bits per heavy atom. The lowest BCUT2D eigenvalue weighted by atomic mass is 10.5. The Hall–Kier alpha value is -1.66.